The number of likely N-dealkylation sites (tertiary alicyclic amines) is 1. The van der Waals surface area contributed by atoms with Crippen LogP contribution in [0, 0.1) is 17.8 Å². The van der Waals surface area contributed by atoms with Gasteiger partial charge >= 0.3 is 0 Å². The monoisotopic (exact) mass is 497 g/mol. The van der Waals surface area contributed by atoms with Crippen LogP contribution in [0.4, 0.5) is 0 Å². The molecule has 10 heteroatoms. The van der Waals surface area contributed by atoms with Crippen molar-refractivity contribution in [2.75, 3.05) is 26.8 Å². The molecule has 2 saturated heterocycles. The fourth-order valence-corrected chi connectivity index (χ4v) is 6.10. The molecule has 5 atom stereocenters. The number of nitrogens with zero attached hydrogens (tertiary/aromatic N) is 1. The number of amides is 3. The molecule has 1 aromatic carbocycles. The van der Waals surface area contributed by atoms with Crippen LogP contribution in [-0.2, 0) is 14.4 Å². The van der Waals surface area contributed by atoms with Crippen molar-refractivity contribution in [3.63, 3.8) is 0 Å². The van der Waals surface area contributed by atoms with Gasteiger partial charge in [-0.25, -0.2) is 0 Å². The van der Waals surface area contributed by atoms with Gasteiger partial charge in [0.25, 0.3) is 5.91 Å². The minimum absolute atomic E-state index is 0.0208. The van der Waals surface area contributed by atoms with Crippen molar-refractivity contribution in [3.05, 3.63) is 30.0 Å². The highest BCUT2D eigenvalue weighted by atomic mass is 16.5. The molecule has 1 aromatic heterocycles. The molecular weight excluding hydrogens is 466 g/mol. The van der Waals surface area contributed by atoms with Gasteiger partial charge in [0.2, 0.25) is 11.8 Å². The molecular formula is C26H31N3O7. The van der Waals surface area contributed by atoms with Gasteiger partial charge in [-0.1, -0.05) is 12.5 Å². The Morgan fingerprint density at radius 1 is 1.28 bits per heavy atom. The van der Waals surface area contributed by atoms with Gasteiger partial charge in [0.15, 0.2) is 11.5 Å². The van der Waals surface area contributed by atoms with Crippen molar-refractivity contribution >= 4 is 34.5 Å². The zero-order valence-electron chi connectivity index (χ0n) is 20.2. The van der Waals surface area contributed by atoms with Gasteiger partial charge in [-0.3, -0.25) is 19.2 Å². The van der Waals surface area contributed by atoms with E-state index in [-0.39, 0.29) is 35.8 Å². The zero-order chi connectivity index (χ0) is 25.4. The molecule has 0 spiro atoms. The number of carbonyl (C=O) groups is 4. The number of aliphatic hydroxyl groups excluding tert-OH is 1. The number of methoxy groups -OCH3 is 1. The second-order valence-electron chi connectivity index (χ2n) is 9.94. The summed E-state index contributed by atoms with van der Waals surface area (Å²) >= 11 is 0. The molecule has 2 aromatic rings. The van der Waals surface area contributed by atoms with E-state index in [0.29, 0.717) is 36.2 Å². The molecule has 0 bridgehead atoms. The Morgan fingerprint density at radius 2 is 2.11 bits per heavy atom. The molecule has 5 unspecified atom stereocenters. The van der Waals surface area contributed by atoms with Gasteiger partial charge in [0, 0.05) is 25.1 Å². The van der Waals surface area contributed by atoms with Gasteiger partial charge in [0.05, 0.1) is 18.5 Å². The summed E-state index contributed by atoms with van der Waals surface area (Å²) in [6.07, 6.45) is 3.40. The van der Waals surface area contributed by atoms with Crippen molar-refractivity contribution in [2.45, 2.75) is 44.2 Å². The number of Topliss-reactive ketones (excluding diaryl/α,β-unsaturated/α-hetero) is 1. The second kappa shape index (κ2) is 9.93. The number of nitrogens with one attached hydrogen (secondary N) is 2. The van der Waals surface area contributed by atoms with Crippen LogP contribution in [0.5, 0.6) is 5.75 Å². The lowest BCUT2D eigenvalue weighted by atomic mass is 9.92. The minimum atomic E-state index is -0.996. The van der Waals surface area contributed by atoms with Crippen LogP contribution < -0.4 is 15.4 Å². The van der Waals surface area contributed by atoms with Crippen molar-refractivity contribution in [2.24, 2.45) is 17.8 Å². The Hall–Kier alpha value is -3.40. The quantitative estimate of drug-likeness (QED) is 0.499. The number of aliphatic hydroxyl groups is 1. The van der Waals surface area contributed by atoms with E-state index in [2.05, 4.69) is 10.6 Å². The molecule has 1 saturated carbocycles. The fraction of sp³-hybridized carbons (Fsp3) is 0.538. The van der Waals surface area contributed by atoms with Crippen molar-refractivity contribution < 1.29 is 33.4 Å². The standard InChI is InChI=1S/C26H31N3O7/c1-35-20-6-3-7-21-17(20)11-22(36-21)26(34)29-12-15-4-2-5-16(15)23(29)25(33)28-18(19(31)13-30)10-14-8-9-27-24(14)32/h3,6-7,11,14-16,18,23,30H,2,4-5,8-10,12-13H2,1H3,(H,27,32)(H,28,33). The lowest BCUT2D eigenvalue weighted by Crippen LogP contribution is -2.53. The smallest absolute Gasteiger partial charge is 0.290 e. The average molecular weight is 498 g/mol. The molecule has 3 N–H and O–H groups in total. The van der Waals surface area contributed by atoms with Crippen LogP contribution in [0.2, 0.25) is 0 Å². The van der Waals surface area contributed by atoms with E-state index in [9.17, 15) is 24.3 Å². The first-order chi connectivity index (χ1) is 17.4. The summed E-state index contributed by atoms with van der Waals surface area (Å²) in [5, 5.41) is 15.7. The second-order valence-corrected chi connectivity index (χ2v) is 9.94. The summed E-state index contributed by atoms with van der Waals surface area (Å²) in [6.45, 7) is 0.216. The van der Waals surface area contributed by atoms with Crippen LogP contribution in [0.25, 0.3) is 11.0 Å². The number of furan rings is 1. The number of rotatable bonds is 8. The van der Waals surface area contributed by atoms with Gasteiger partial charge in [-0.2, -0.15) is 0 Å². The Balaban J connectivity index is 1.39. The number of carbonyl (C=O) groups excluding carboxylic acids is 4. The summed E-state index contributed by atoms with van der Waals surface area (Å²) < 4.78 is 11.2. The highest BCUT2D eigenvalue weighted by molar-refractivity contribution is 6.01. The third-order valence-electron chi connectivity index (χ3n) is 7.92. The van der Waals surface area contributed by atoms with Gasteiger partial charge < -0.3 is 29.8 Å². The predicted octanol–water partition coefficient (Wildman–Crippen LogP) is 1.25. The molecule has 2 aliphatic heterocycles. The first kappa shape index (κ1) is 24.3. The van der Waals surface area contributed by atoms with E-state index < -0.39 is 36.3 Å². The van der Waals surface area contributed by atoms with Crippen LogP contribution in [-0.4, -0.2) is 72.4 Å². The Labute approximate surface area is 208 Å². The minimum Gasteiger partial charge on any atom is -0.496 e. The van der Waals surface area contributed by atoms with Crippen molar-refractivity contribution in [1.29, 1.82) is 0 Å². The topological polar surface area (TPSA) is 138 Å². The maximum atomic E-state index is 13.6. The van der Waals surface area contributed by atoms with Gasteiger partial charge in [-0.15, -0.1) is 0 Å². The largest absolute Gasteiger partial charge is 0.496 e. The third-order valence-corrected chi connectivity index (χ3v) is 7.92. The summed E-state index contributed by atoms with van der Waals surface area (Å²) in [5.41, 5.74) is 0.515. The lowest BCUT2D eigenvalue weighted by molar-refractivity contribution is -0.133. The van der Waals surface area contributed by atoms with Crippen LogP contribution >= 0.6 is 0 Å². The number of hydrogen-bond acceptors (Lipinski definition) is 7. The van der Waals surface area contributed by atoms with E-state index in [1.54, 1.807) is 36.3 Å². The third kappa shape index (κ3) is 4.34. The van der Waals surface area contributed by atoms with Crippen LogP contribution in [0.15, 0.2) is 28.7 Å². The highest BCUT2D eigenvalue weighted by Crippen LogP contribution is 2.43. The number of benzene rings is 1. The predicted molar refractivity (Wildman–Crippen MR) is 128 cm³/mol. The molecule has 5 rings (SSSR count). The molecule has 3 fully saturated rings. The molecule has 3 aliphatic rings. The van der Waals surface area contributed by atoms with Gasteiger partial charge in [0.1, 0.15) is 24.0 Å². The van der Waals surface area contributed by atoms with E-state index in [4.69, 9.17) is 9.15 Å². The first-order valence-corrected chi connectivity index (χ1v) is 12.5. The average Bonchev–Trinajstić information content (AvgIpc) is 3.66. The molecule has 36 heavy (non-hydrogen) atoms. The van der Waals surface area contributed by atoms with Crippen molar-refractivity contribution in [1.82, 2.24) is 15.5 Å². The molecule has 10 nitrogen and oxygen atoms in total. The summed E-state index contributed by atoms with van der Waals surface area (Å²) in [6, 6.07) is 5.19. The zero-order valence-corrected chi connectivity index (χ0v) is 20.2. The number of ether oxygens (including phenoxy) is 1. The van der Waals surface area contributed by atoms with Gasteiger partial charge in [-0.05, 0) is 49.7 Å². The summed E-state index contributed by atoms with van der Waals surface area (Å²) in [4.78, 5) is 53.3. The molecule has 192 valence electrons. The number of hydrogen-bond donors (Lipinski definition) is 3. The molecule has 1 aliphatic carbocycles. The summed E-state index contributed by atoms with van der Waals surface area (Å²) in [7, 11) is 1.55. The lowest BCUT2D eigenvalue weighted by Gasteiger charge is -2.28. The first-order valence-electron chi connectivity index (χ1n) is 12.5. The Kier molecular flexibility index (Phi) is 6.70. The van der Waals surface area contributed by atoms with Crippen LogP contribution in [0.1, 0.15) is 42.7 Å². The number of fused-ring (bicyclic) bond motifs is 2. The Morgan fingerprint density at radius 3 is 2.83 bits per heavy atom. The highest BCUT2D eigenvalue weighted by Gasteiger charge is 2.50. The van der Waals surface area contributed by atoms with Crippen molar-refractivity contribution in [3.8, 4) is 5.75 Å². The molecule has 0 radical (unpaired) electrons. The summed E-state index contributed by atoms with van der Waals surface area (Å²) in [5.74, 6) is -1.05. The maximum Gasteiger partial charge on any atom is 0.290 e. The Bertz CT molecular complexity index is 1190. The molecule has 3 amide bonds. The normalized spacial score (nSPS) is 26.1. The SMILES string of the molecule is COc1cccc2oc(C(=O)N3CC4CCCC4C3C(=O)NC(CC3CCNC3=O)C(=O)CO)cc12. The van der Waals surface area contributed by atoms with E-state index >= 15 is 0 Å². The van der Waals surface area contributed by atoms with E-state index in [1.807, 2.05) is 0 Å². The fourth-order valence-electron chi connectivity index (χ4n) is 6.10. The number of ketones is 1. The van der Waals surface area contributed by atoms with Crippen LogP contribution in [0.3, 0.4) is 0 Å². The molecule has 3 heterocycles. The van der Waals surface area contributed by atoms with E-state index in [0.717, 1.165) is 19.3 Å². The van der Waals surface area contributed by atoms with E-state index in [1.165, 1.54) is 0 Å². The maximum absolute atomic E-state index is 13.6.